The van der Waals surface area contributed by atoms with Crippen LogP contribution >= 0.6 is 23.1 Å². The van der Waals surface area contributed by atoms with E-state index in [2.05, 4.69) is 21.2 Å². The number of para-hydroxylation sites is 2. The Morgan fingerprint density at radius 1 is 1.07 bits per heavy atom. The molecule has 0 bridgehead atoms. The number of carbonyl (C=O) groups is 1. The van der Waals surface area contributed by atoms with Gasteiger partial charge < -0.3 is 5.32 Å². The number of alkyl halides is 2. The third kappa shape index (κ3) is 5.54. The minimum absolute atomic E-state index is 0.183. The standard InChI is InChI=1S/C21H22F2N4OS2/c22-21(23)30-18-8-4-1-5-15(18)24-19(28)13-26-9-11-27(12-10-26)14-20-25-16-6-2-3-7-17(16)29-20/h1-8,21H,9-14H2,(H,24,28). The first-order valence-electron chi connectivity index (χ1n) is 9.70. The number of halogens is 2. The van der Waals surface area contributed by atoms with Crippen molar-refractivity contribution in [2.75, 3.05) is 38.0 Å². The van der Waals surface area contributed by atoms with E-state index in [0.29, 0.717) is 22.3 Å². The molecular formula is C21H22F2N4OS2. The van der Waals surface area contributed by atoms with Gasteiger partial charge in [-0.1, -0.05) is 36.0 Å². The summed E-state index contributed by atoms with van der Waals surface area (Å²) in [5, 5.41) is 3.88. The van der Waals surface area contributed by atoms with E-state index < -0.39 is 5.76 Å². The lowest BCUT2D eigenvalue weighted by Gasteiger charge is -2.33. The summed E-state index contributed by atoms with van der Waals surface area (Å²) in [6.07, 6.45) is 0. The van der Waals surface area contributed by atoms with Crippen LogP contribution in [0.4, 0.5) is 14.5 Å². The Hall–Kier alpha value is -2.07. The molecule has 0 saturated carbocycles. The van der Waals surface area contributed by atoms with Crippen LogP contribution in [0.15, 0.2) is 53.4 Å². The molecule has 3 aromatic rings. The van der Waals surface area contributed by atoms with E-state index in [9.17, 15) is 13.6 Å². The number of nitrogens with zero attached hydrogens (tertiary/aromatic N) is 3. The number of thioether (sulfide) groups is 1. The second-order valence-electron chi connectivity index (χ2n) is 7.05. The first kappa shape index (κ1) is 21.2. The number of amides is 1. The van der Waals surface area contributed by atoms with E-state index in [1.807, 2.05) is 18.2 Å². The van der Waals surface area contributed by atoms with Gasteiger partial charge >= 0.3 is 0 Å². The maximum Gasteiger partial charge on any atom is 0.288 e. The molecule has 1 amide bonds. The molecule has 0 radical (unpaired) electrons. The fourth-order valence-corrected chi connectivity index (χ4v) is 5.05. The number of hydrogen-bond donors (Lipinski definition) is 1. The first-order chi connectivity index (χ1) is 14.6. The van der Waals surface area contributed by atoms with Gasteiger partial charge in [0, 0.05) is 31.1 Å². The molecule has 0 unspecified atom stereocenters. The minimum Gasteiger partial charge on any atom is -0.324 e. The second-order valence-corrected chi connectivity index (χ2v) is 9.20. The Bertz CT molecular complexity index is 972. The van der Waals surface area contributed by atoms with Gasteiger partial charge in [-0.15, -0.1) is 11.3 Å². The molecule has 2 aromatic carbocycles. The molecule has 158 valence electrons. The van der Waals surface area contributed by atoms with Crippen LogP contribution in [0.1, 0.15) is 5.01 Å². The van der Waals surface area contributed by atoms with Gasteiger partial charge in [-0.05, 0) is 24.3 Å². The number of aromatic nitrogens is 1. The summed E-state index contributed by atoms with van der Waals surface area (Å²) in [5.74, 6) is -2.71. The van der Waals surface area contributed by atoms with Crippen LogP contribution in [-0.4, -0.2) is 59.2 Å². The number of thiazole rings is 1. The van der Waals surface area contributed by atoms with Crippen molar-refractivity contribution < 1.29 is 13.6 Å². The molecule has 0 atom stereocenters. The number of nitrogens with one attached hydrogen (secondary N) is 1. The van der Waals surface area contributed by atoms with Crippen molar-refractivity contribution in [1.29, 1.82) is 0 Å². The van der Waals surface area contributed by atoms with Gasteiger partial charge in [-0.3, -0.25) is 14.6 Å². The predicted molar refractivity (Wildman–Crippen MR) is 118 cm³/mol. The quantitative estimate of drug-likeness (QED) is 0.544. The summed E-state index contributed by atoms with van der Waals surface area (Å²) in [6, 6.07) is 14.8. The average molecular weight is 449 g/mol. The van der Waals surface area contributed by atoms with Crippen LogP contribution in [0.3, 0.4) is 0 Å². The highest BCUT2D eigenvalue weighted by molar-refractivity contribution is 7.99. The number of benzene rings is 2. The van der Waals surface area contributed by atoms with E-state index in [1.165, 1.54) is 4.70 Å². The van der Waals surface area contributed by atoms with E-state index in [4.69, 9.17) is 4.98 Å². The summed E-state index contributed by atoms with van der Waals surface area (Å²) in [6.45, 7) is 4.36. The highest BCUT2D eigenvalue weighted by atomic mass is 32.2. The largest absolute Gasteiger partial charge is 0.324 e. The van der Waals surface area contributed by atoms with Gasteiger partial charge in [0.05, 0.1) is 29.0 Å². The van der Waals surface area contributed by atoms with Gasteiger partial charge in [0.2, 0.25) is 5.91 Å². The van der Waals surface area contributed by atoms with Crippen LogP contribution in [-0.2, 0) is 11.3 Å². The highest BCUT2D eigenvalue weighted by Gasteiger charge is 2.21. The zero-order valence-electron chi connectivity index (χ0n) is 16.3. The monoisotopic (exact) mass is 448 g/mol. The molecule has 1 N–H and O–H groups in total. The van der Waals surface area contributed by atoms with Gasteiger partial charge in [0.25, 0.3) is 5.76 Å². The van der Waals surface area contributed by atoms with Gasteiger partial charge in [0.15, 0.2) is 0 Å². The third-order valence-corrected chi connectivity index (χ3v) is 6.72. The van der Waals surface area contributed by atoms with Crippen molar-refractivity contribution in [3.8, 4) is 0 Å². The lowest BCUT2D eigenvalue weighted by molar-refractivity contribution is -0.117. The minimum atomic E-state index is -2.52. The molecule has 1 aliphatic heterocycles. The molecule has 1 saturated heterocycles. The van der Waals surface area contributed by atoms with Crippen molar-refractivity contribution in [3.63, 3.8) is 0 Å². The van der Waals surface area contributed by atoms with E-state index in [1.54, 1.807) is 35.6 Å². The van der Waals surface area contributed by atoms with Gasteiger partial charge in [-0.25, -0.2) is 4.98 Å². The molecular weight excluding hydrogens is 426 g/mol. The van der Waals surface area contributed by atoms with Crippen molar-refractivity contribution in [3.05, 3.63) is 53.5 Å². The molecule has 4 rings (SSSR count). The van der Waals surface area contributed by atoms with Crippen molar-refractivity contribution in [2.24, 2.45) is 0 Å². The fraction of sp³-hybridized carbons (Fsp3) is 0.333. The Morgan fingerprint density at radius 3 is 2.53 bits per heavy atom. The topological polar surface area (TPSA) is 48.5 Å². The van der Waals surface area contributed by atoms with Crippen molar-refractivity contribution >= 4 is 44.9 Å². The highest BCUT2D eigenvalue weighted by Crippen LogP contribution is 2.31. The van der Waals surface area contributed by atoms with Crippen LogP contribution < -0.4 is 5.32 Å². The average Bonchev–Trinajstić information content (AvgIpc) is 3.13. The number of piperazine rings is 1. The molecule has 0 aliphatic carbocycles. The van der Waals surface area contributed by atoms with Crippen LogP contribution in [0, 0.1) is 0 Å². The summed E-state index contributed by atoms with van der Waals surface area (Å²) < 4.78 is 26.6. The summed E-state index contributed by atoms with van der Waals surface area (Å²) in [4.78, 5) is 21.9. The van der Waals surface area contributed by atoms with E-state index in [0.717, 1.165) is 43.2 Å². The maximum atomic E-state index is 12.7. The lowest BCUT2D eigenvalue weighted by atomic mass is 10.3. The predicted octanol–water partition coefficient (Wildman–Crippen LogP) is 4.37. The molecule has 2 heterocycles. The normalized spacial score (nSPS) is 15.7. The van der Waals surface area contributed by atoms with Crippen LogP contribution in [0.5, 0.6) is 0 Å². The van der Waals surface area contributed by atoms with E-state index in [-0.39, 0.29) is 12.5 Å². The van der Waals surface area contributed by atoms with Gasteiger partial charge in [-0.2, -0.15) is 8.78 Å². The fourth-order valence-electron chi connectivity index (χ4n) is 3.45. The molecule has 1 aliphatic rings. The molecule has 9 heteroatoms. The Kier molecular flexibility index (Phi) is 6.93. The SMILES string of the molecule is O=C(CN1CCN(Cc2nc3ccccc3s2)CC1)Nc1ccccc1SC(F)F. The van der Waals surface area contributed by atoms with Gasteiger partial charge in [0.1, 0.15) is 5.01 Å². The zero-order valence-corrected chi connectivity index (χ0v) is 17.9. The molecule has 0 spiro atoms. The lowest BCUT2D eigenvalue weighted by Crippen LogP contribution is -2.48. The van der Waals surface area contributed by atoms with Crippen LogP contribution in [0.2, 0.25) is 0 Å². The summed E-state index contributed by atoms with van der Waals surface area (Å²) in [5.41, 5.74) is 1.47. The zero-order chi connectivity index (χ0) is 20.9. The Labute approximate surface area is 182 Å². The summed E-state index contributed by atoms with van der Waals surface area (Å²) in [7, 11) is 0. The van der Waals surface area contributed by atoms with E-state index >= 15 is 0 Å². The van der Waals surface area contributed by atoms with Crippen LogP contribution in [0.25, 0.3) is 10.2 Å². The Morgan fingerprint density at radius 2 is 1.77 bits per heavy atom. The third-order valence-electron chi connectivity index (χ3n) is 4.91. The second kappa shape index (κ2) is 9.82. The number of fused-ring (bicyclic) bond motifs is 1. The smallest absolute Gasteiger partial charge is 0.288 e. The first-order valence-corrected chi connectivity index (χ1v) is 11.4. The molecule has 1 aromatic heterocycles. The number of carbonyl (C=O) groups excluding carboxylic acids is 1. The summed E-state index contributed by atoms with van der Waals surface area (Å²) >= 11 is 2.17. The Balaban J connectivity index is 1.26. The molecule has 30 heavy (non-hydrogen) atoms. The number of hydrogen-bond acceptors (Lipinski definition) is 6. The number of anilines is 1. The van der Waals surface area contributed by atoms with Crippen molar-refractivity contribution in [2.45, 2.75) is 17.2 Å². The maximum absolute atomic E-state index is 12.7. The van der Waals surface area contributed by atoms with Crippen molar-refractivity contribution in [1.82, 2.24) is 14.8 Å². The molecule has 5 nitrogen and oxygen atoms in total. The molecule has 1 fully saturated rings. The number of rotatable bonds is 7.